The Morgan fingerprint density at radius 1 is 1.28 bits per heavy atom. The van der Waals surface area contributed by atoms with E-state index in [0.29, 0.717) is 17.4 Å². The molecule has 3 N–H and O–H groups in total. The molecule has 0 unspecified atom stereocenters. The molecule has 2 heterocycles. The van der Waals surface area contributed by atoms with Gasteiger partial charge in [0.15, 0.2) is 5.13 Å². The van der Waals surface area contributed by atoms with Crippen LogP contribution in [0.4, 0.5) is 5.13 Å². The van der Waals surface area contributed by atoms with E-state index in [2.05, 4.69) is 39.1 Å². The van der Waals surface area contributed by atoms with Gasteiger partial charge in [-0.1, -0.05) is 32.0 Å². The number of anilines is 1. The summed E-state index contributed by atoms with van der Waals surface area (Å²) >= 11 is 1.34. The molecule has 0 aliphatic carbocycles. The second kappa shape index (κ2) is 7.76. The van der Waals surface area contributed by atoms with E-state index >= 15 is 0 Å². The van der Waals surface area contributed by atoms with E-state index in [1.807, 2.05) is 13.8 Å². The van der Waals surface area contributed by atoms with E-state index in [-0.39, 0.29) is 24.2 Å². The van der Waals surface area contributed by atoms with E-state index in [1.165, 1.54) is 22.5 Å². The summed E-state index contributed by atoms with van der Waals surface area (Å²) in [5.74, 6) is -0.250. The van der Waals surface area contributed by atoms with Crippen LogP contribution < -0.4 is 16.0 Å². The van der Waals surface area contributed by atoms with Crippen LogP contribution in [-0.2, 0) is 35.6 Å². The molecular weight excluding hydrogens is 336 g/mol. The minimum atomic E-state index is -0.0989. The molecule has 132 valence electrons. The Labute approximate surface area is 151 Å². The van der Waals surface area contributed by atoms with Gasteiger partial charge in [-0.3, -0.25) is 9.59 Å². The van der Waals surface area contributed by atoms with Crippen LogP contribution in [0.2, 0.25) is 0 Å². The molecule has 1 aliphatic rings. The number of hydrogen-bond acceptors (Lipinski definition) is 5. The van der Waals surface area contributed by atoms with E-state index < -0.39 is 0 Å². The summed E-state index contributed by atoms with van der Waals surface area (Å²) < 4.78 is 0. The van der Waals surface area contributed by atoms with Crippen molar-refractivity contribution in [2.45, 2.75) is 39.9 Å². The maximum absolute atomic E-state index is 12.1. The molecule has 0 bridgehead atoms. The Bertz CT molecular complexity index is 785. The molecule has 0 saturated carbocycles. The lowest BCUT2D eigenvalue weighted by molar-refractivity contribution is -0.120. The molecule has 7 heteroatoms. The topological polar surface area (TPSA) is 83.1 Å². The van der Waals surface area contributed by atoms with Gasteiger partial charge in [0.1, 0.15) is 0 Å². The highest BCUT2D eigenvalue weighted by Crippen LogP contribution is 2.18. The number of nitrogens with zero attached hydrogens (tertiary/aromatic N) is 1. The molecule has 0 saturated heterocycles. The number of amides is 2. The highest BCUT2D eigenvalue weighted by atomic mass is 32.1. The van der Waals surface area contributed by atoms with Gasteiger partial charge in [0.05, 0.1) is 12.1 Å². The Morgan fingerprint density at radius 2 is 2.08 bits per heavy atom. The number of fused-ring (bicyclic) bond motifs is 1. The lowest BCUT2D eigenvalue weighted by Crippen LogP contribution is -2.24. The molecular formula is C18H22N4O2S. The molecule has 2 amide bonds. The normalized spacial score (nSPS) is 12.9. The van der Waals surface area contributed by atoms with Crippen molar-refractivity contribution in [2.75, 3.05) is 5.32 Å². The van der Waals surface area contributed by atoms with Crippen molar-refractivity contribution in [1.29, 1.82) is 0 Å². The van der Waals surface area contributed by atoms with E-state index in [1.54, 1.807) is 5.38 Å². The summed E-state index contributed by atoms with van der Waals surface area (Å²) in [6.07, 6.45) is 0.209. The van der Waals surface area contributed by atoms with Gasteiger partial charge in [0, 0.05) is 30.9 Å². The highest BCUT2D eigenvalue weighted by Gasteiger charge is 2.13. The lowest BCUT2D eigenvalue weighted by atomic mass is 10.1. The fraction of sp³-hybridized carbons (Fsp3) is 0.389. The number of hydrogen-bond donors (Lipinski definition) is 3. The number of carbonyl (C=O) groups excluding carboxylic acids is 2. The van der Waals surface area contributed by atoms with Crippen molar-refractivity contribution in [3.05, 3.63) is 46.0 Å². The monoisotopic (exact) mass is 358 g/mol. The van der Waals surface area contributed by atoms with Crippen molar-refractivity contribution in [2.24, 2.45) is 5.92 Å². The summed E-state index contributed by atoms with van der Waals surface area (Å²) in [4.78, 5) is 28.1. The molecule has 0 radical (unpaired) electrons. The zero-order chi connectivity index (χ0) is 17.8. The SMILES string of the molecule is CC(C)C(=O)Nc1nc(CC(=O)NCc2ccc3c(c2)CNC3)cs1. The fourth-order valence-corrected chi connectivity index (χ4v) is 3.29. The number of rotatable bonds is 6. The predicted octanol–water partition coefficient (Wildman–Crippen LogP) is 2.20. The van der Waals surface area contributed by atoms with E-state index in [0.717, 1.165) is 18.7 Å². The average molecular weight is 358 g/mol. The van der Waals surface area contributed by atoms with Crippen LogP contribution >= 0.6 is 11.3 Å². The molecule has 6 nitrogen and oxygen atoms in total. The first kappa shape index (κ1) is 17.6. The van der Waals surface area contributed by atoms with Gasteiger partial charge in [0.25, 0.3) is 0 Å². The van der Waals surface area contributed by atoms with E-state index in [9.17, 15) is 9.59 Å². The van der Waals surface area contributed by atoms with Crippen molar-refractivity contribution < 1.29 is 9.59 Å². The smallest absolute Gasteiger partial charge is 0.228 e. The minimum absolute atomic E-state index is 0.0727. The van der Waals surface area contributed by atoms with Gasteiger partial charge >= 0.3 is 0 Å². The van der Waals surface area contributed by atoms with Crippen LogP contribution in [0, 0.1) is 5.92 Å². The van der Waals surface area contributed by atoms with Gasteiger partial charge in [-0.25, -0.2) is 4.98 Å². The summed E-state index contributed by atoms with van der Waals surface area (Å²) in [7, 11) is 0. The van der Waals surface area contributed by atoms with E-state index in [4.69, 9.17) is 0 Å². The third kappa shape index (κ3) is 4.64. The first-order chi connectivity index (χ1) is 12.0. The Hall–Kier alpha value is -2.25. The molecule has 1 aromatic carbocycles. The molecule has 3 rings (SSSR count). The number of aromatic nitrogens is 1. The number of benzene rings is 1. The predicted molar refractivity (Wildman–Crippen MR) is 98.1 cm³/mol. The number of thiazole rings is 1. The molecule has 2 aromatic rings. The van der Waals surface area contributed by atoms with Crippen LogP contribution in [0.25, 0.3) is 0 Å². The zero-order valence-corrected chi connectivity index (χ0v) is 15.2. The molecule has 0 spiro atoms. The first-order valence-corrected chi connectivity index (χ1v) is 9.22. The van der Waals surface area contributed by atoms with Gasteiger partial charge in [-0.05, 0) is 16.7 Å². The summed E-state index contributed by atoms with van der Waals surface area (Å²) in [5.41, 5.74) is 4.39. The van der Waals surface area contributed by atoms with Crippen LogP contribution in [0.15, 0.2) is 23.6 Å². The molecule has 1 aliphatic heterocycles. The lowest BCUT2D eigenvalue weighted by Gasteiger charge is -2.06. The molecule has 0 fully saturated rings. The zero-order valence-electron chi connectivity index (χ0n) is 14.4. The second-order valence-corrected chi connectivity index (χ2v) is 7.31. The average Bonchev–Trinajstić information content (AvgIpc) is 3.21. The fourth-order valence-electron chi connectivity index (χ4n) is 2.58. The van der Waals surface area contributed by atoms with Crippen molar-refractivity contribution in [1.82, 2.24) is 15.6 Å². The summed E-state index contributed by atoms with van der Waals surface area (Å²) in [6, 6.07) is 6.30. The number of nitrogens with one attached hydrogen (secondary N) is 3. The van der Waals surface area contributed by atoms with Crippen LogP contribution in [0.1, 0.15) is 36.2 Å². The summed E-state index contributed by atoms with van der Waals surface area (Å²) in [6.45, 7) is 5.97. The van der Waals surface area contributed by atoms with Crippen molar-refractivity contribution >= 4 is 28.3 Å². The van der Waals surface area contributed by atoms with Gasteiger partial charge in [-0.15, -0.1) is 11.3 Å². The molecule has 25 heavy (non-hydrogen) atoms. The Balaban J connectivity index is 1.49. The minimum Gasteiger partial charge on any atom is -0.352 e. The number of carbonyl (C=O) groups is 2. The van der Waals surface area contributed by atoms with Gasteiger partial charge < -0.3 is 16.0 Å². The van der Waals surface area contributed by atoms with Crippen LogP contribution in [0.5, 0.6) is 0 Å². The second-order valence-electron chi connectivity index (χ2n) is 6.45. The first-order valence-electron chi connectivity index (χ1n) is 8.34. The summed E-state index contributed by atoms with van der Waals surface area (Å²) in [5, 5.41) is 11.3. The highest BCUT2D eigenvalue weighted by molar-refractivity contribution is 7.13. The van der Waals surface area contributed by atoms with Gasteiger partial charge in [0.2, 0.25) is 11.8 Å². The maximum Gasteiger partial charge on any atom is 0.228 e. The van der Waals surface area contributed by atoms with Crippen molar-refractivity contribution in [3.8, 4) is 0 Å². The van der Waals surface area contributed by atoms with Gasteiger partial charge in [-0.2, -0.15) is 0 Å². The Morgan fingerprint density at radius 3 is 2.88 bits per heavy atom. The third-order valence-corrected chi connectivity index (χ3v) is 4.85. The third-order valence-electron chi connectivity index (χ3n) is 4.04. The van der Waals surface area contributed by atoms with Crippen molar-refractivity contribution in [3.63, 3.8) is 0 Å². The van der Waals surface area contributed by atoms with Crippen LogP contribution in [-0.4, -0.2) is 16.8 Å². The quantitative estimate of drug-likeness (QED) is 0.739. The Kier molecular flexibility index (Phi) is 5.45. The maximum atomic E-state index is 12.1. The molecule has 0 atom stereocenters. The standard InChI is InChI=1S/C18H22N4O2S/c1-11(2)17(24)22-18-21-15(10-25-18)6-16(23)20-7-12-3-4-13-8-19-9-14(13)5-12/h3-5,10-11,19H,6-9H2,1-2H3,(H,20,23)(H,21,22,24). The largest absolute Gasteiger partial charge is 0.352 e. The van der Waals surface area contributed by atoms with Crippen LogP contribution in [0.3, 0.4) is 0 Å². The molecule has 1 aromatic heterocycles.